The van der Waals surface area contributed by atoms with Gasteiger partial charge in [-0.15, -0.1) is 11.8 Å². The minimum Gasteiger partial charge on any atom is -0.468 e. The molecule has 2 heterocycles. The second-order valence-electron chi connectivity index (χ2n) is 3.65. The molecular formula is C12H14N2O2S. The molecule has 0 aliphatic rings. The van der Waals surface area contributed by atoms with E-state index in [0.29, 0.717) is 0 Å². The minimum absolute atomic E-state index is 0.158. The van der Waals surface area contributed by atoms with Crippen LogP contribution in [0, 0.1) is 0 Å². The molecule has 0 saturated heterocycles. The number of carbonyl (C=O) groups is 1. The molecule has 0 N–H and O–H groups in total. The molecule has 0 amide bonds. The van der Waals surface area contributed by atoms with E-state index in [9.17, 15) is 4.79 Å². The molecule has 5 heteroatoms. The van der Waals surface area contributed by atoms with Crippen molar-refractivity contribution >= 4 is 23.4 Å². The van der Waals surface area contributed by atoms with Crippen LogP contribution in [0.25, 0.3) is 5.65 Å². The van der Waals surface area contributed by atoms with Gasteiger partial charge in [0.05, 0.1) is 24.3 Å². The number of ether oxygens (including phenoxy) is 1. The van der Waals surface area contributed by atoms with E-state index >= 15 is 0 Å². The zero-order chi connectivity index (χ0) is 12.3. The fourth-order valence-corrected chi connectivity index (χ4v) is 2.40. The molecule has 0 fully saturated rings. The molecular weight excluding hydrogens is 236 g/mol. The van der Waals surface area contributed by atoms with Crippen molar-refractivity contribution in [2.45, 2.75) is 17.9 Å². The van der Waals surface area contributed by atoms with Gasteiger partial charge in [-0.05, 0) is 19.1 Å². The summed E-state index contributed by atoms with van der Waals surface area (Å²) in [7, 11) is 1.41. The predicted octanol–water partition coefficient (Wildman–Crippen LogP) is 2.13. The van der Waals surface area contributed by atoms with Crippen molar-refractivity contribution in [2.75, 3.05) is 7.11 Å². The second-order valence-corrected chi connectivity index (χ2v) is 4.98. The first-order valence-corrected chi connectivity index (χ1v) is 6.37. The number of hydrogen-bond donors (Lipinski definition) is 0. The predicted molar refractivity (Wildman–Crippen MR) is 68.0 cm³/mol. The van der Waals surface area contributed by atoms with E-state index in [4.69, 9.17) is 0 Å². The quantitative estimate of drug-likeness (QED) is 0.780. The summed E-state index contributed by atoms with van der Waals surface area (Å²) in [6, 6.07) is 5.88. The van der Waals surface area contributed by atoms with Crippen molar-refractivity contribution < 1.29 is 9.53 Å². The average Bonchev–Trinajstić information content (AvgIpc) is 2.78. The fourth-order valence-electron chi connectivity index (χ4n) is 1.54. The molecule has 1 atom stereocenters. The van der Waals surface area contributed by atoms with Gasteiger partial charge in [-0.2, -0.15) is 0 Å². The van der Waals surface area contributed by atoms with E-state index < -0.39 is 0 Å². The molecule has 2 rings (SSSR count). The maximum absolute atomic E-state index is 11.3. The van der Waals surface area contributed by atoms with E-state index in [2.05, 4.69) is 9.72 Å². The van der Waals surface area contributed by atoms with Gasteiger partial charge in [-0.25, -0.2) is 4.98 Å². The van der Waals surface area contributed by atoms with Crippen LogP contribution in [0.4, 0.5) is 0 Å². The normalized spacial score (nSPS) is 12.6. The Morgan fingerprint density at radius 2 is 2.41 bits per heavy atom. The third-order valence-electron chi connectivity index (χ3n) is 2.51. The summed E-state index contributed by atoms with van der Waals surface area (Å²) in [5.41, 5.74) is 2.01. The van der Waals surface area contributed by atoms with E-state index in [1.165, 1.54) is 7.11 Å². The first-order valence-electron chi connectivity index (χ1n) is 5.33. The molecule has 17 heavy (non-hydrogen) atoms. The van der Waals surface area contributed by atoms with Crippen LogP contribution in [0.3, 0.4) is 0 Å². The highest BCUT2D eigenvalue weighted by Crippen LogP contribution is 2.19. The average molecular weight is 250 g/mol. The summed E-state index contributed by atoms with van der Waals surface area (Å²) in [6.45, 7) is 1.85. The lowest BCUT2D eigenvalue weighted by molar-refractivity contribution is -0.139. The lowest BCUT2D eigenvalue weighted by atomic mass is 10.4. The Labute approximate surface area is 104 Å². The van der Waals surface area contributed by atoms with Crippen LogP contribution in [0.5, 0.6) is 0 Å². The number of rotatable bonds is 4. The molecule has 0 aliphatic heterocycles. The lowest BCUT2D eigenvalue weighted by Gasteiger charge is -2.08. The van der Waals surface area contributed by atoms with Gasteiger partial charge in [-0.1, -0.05) is 6.07 Å². The van der Waals surface area contributed by atoms with Crippen LogP contribution in [0.15, 0.2) is 30.6 Å². The highest BCUT2D eigenvalue weighted by molar-refractivity contribution is 7.99. The largest absolute Gasteiger partial charge is 0.468 e. The lowest BCUT2D eigenvalue weighted by Crippen LogP contribution is -2.15. The highest BCUT2D eigenvalue weighted by Gasteiger charge is 2.14. The van der Waals surface area contributed by atoms with Crippen LogP contribution in [-0.4, -0.2) is 27.7 Å². The molecule has 0 aromatic carbocycles. The van der Waals surface area contributed by atoms with Crippen molar-refractivity contribution in [2.24, 2.45) is 0 Å². The van der Waals surface area contributed by atoms with Crippen LogP contribution in [-0.2, 0) is 15.3 Å². The first kappa shape index (κ1) is 12.0. The molecule has 0 bridgehead atoms. The number of carbonyl (C=O) groups excluding carboxylic acids is 1. The molecule has 0 radical (unpaired) electrons. The van der Waals surface area contributed by atoms with Crippen molar-refractivity contribution in [1.29, 1.82) is 0 Å². The maximum Gasteiger partial charge on any atom is 0.318 e. The number of methoxy groups -OCH3 is 1. The number of pyridine rings is 1. The third kappa shape index (κ3) is 2.61. The van der Waals surface area contributed by atoms with Gasteiger partial charge in [0.1, 0.15) is 5.65 Å². The Morgan fingerprint density at radius 1 is 1.59 bits per heavy atom. The van der Waals surface area contributed by atoms with Crippen molar-refractivity contribution in [1.82, 2.24) is 9.38 Å². The smallest absolute Gasteiger partial charge is 0.318 e. The summed E-state index contributed by atoms with van der Waals surface area (Å²) in [6.07, 6.45) is 3.81. The zero-order valence-electron chi connectivity index (χ0n) is 9.79. The molecule has 0 saturated carbocycles. The van der Waals surface area contributed by atoms with Crippen LogP contribution in [0.2, 0.25) is 0 Å². The molecule has 0 aliphatic carbocycles. The van der Waals surface area contributed by atoms with Gasteiger partial charge in [0.15, 0.2) is 0 Å². The molecule has 4 nitrogen and oxygen atoms in total. The Morgan fingerprint density at radius 3 is 3.18 bits per heavy atom. The summed E-state index contributed by atoms with van der Waals surface area (Å²) < 4.78 is 6.71. The number of fused-ring (bicyclic) bond motifs is 1. The molecule has 0 unspecified atom stereocenters. The second kappa shape index (κ2) is 5.23. The van der Waals surface area contributed by atoms with Crippen molar-refractivity contribution in [3.05, 3.63) is 36.3 Å². The monoisotopic (exact) mass is 250 g/mol. The molecule has 2 aromatic heterocycles. The van der Waals surface area contributed by atoms with E-state index in [1.54, 1.807) is 11.8 Å². The summed E-state index contributed by atoms with van der Waals surface area (Å²) in [5, 5.41) is -0.158. The summed E-state index contributed by atoms with van der Waals surface area (Å²) in [5.74, 6) is 0.547. The van der Waals surface area contributed by atoms with E-state index in [1.807, 2.05) is 41.9 Å². The molecule has 0 spiro atoms. The standard InChI is InChI=1S/C12H14N2O2S/c1-9(12(15)16-2)17-8-10-7-13-11-5-3-4-6-14(10)11/h3-7,9H,8H2,1-2H3/t9-/m0/s1. The molecule has 2 aromatic rings. The van der Waals surface area contributed by atoms with Crippen LogP contribution < -0.4 is 0 Å². The van der Waals surface area contributed by atoms with E-state index in [-0.39, 0.29) is 11.2 Å². The Balaban J connectivity index is 2.07. The topological polar surface area (TPSA) is 43.6 Å². The third-order valence-corrected chi connectivity index (χ3v) is 3.66. The van der Waals surface area contributed by atoms with Crippen LogP contribution >= 0.6 is 11.8 Å². The number of thioether (sulfide) groups is 1. The van der Waals surface area contributed by atoms with Crippen molar-refractivity contribution in [3.8, 4) is 0 Å². The van der Waals surface area contributed by atoms with Gasteiger partial charge in [-0.3, -0.25) is 4.79 Å². The zero-order valence-corrected chi connectivity index (χ0v) is 10.6. The SMILES string of the molecule is COC(=O)[C@H](C)SCc1cnc2ccccn12. The number of nitrogens with zero attached hydrogens (tertiary/aromatic N) is 2. The Bertz CT molecular complexity index is 524. The summed E-state index contributed by atoms with van der Waals surface area (Å²) >= 11 is 1.55. The molecule has 90 valence electrons. The fraction of sp³-hybridized carbons (Fsp3) is 0.333. The number of aromatic nitrogens is 2. The van der Waals surface area contributed by atoms with Gasteiger partial charge in [0, 0.05) is 11.9 Å². The number of esters is 1. The van der Waals surface area contributed by atoms with Gasteiger partial charge < -0.3 is 9.14 Å². The van der Waals surface area contributed by atoms with Gasteiger partial charge >= 0.3 is 5.97 Å². The van der Waals surface area contributed by atoms with Gasteiger partial charge in [0.2, 0.25) is 0 Å². The van der Waals surface area contributed by atoms with Crippen molar-refractivity contribution in [3.63, 3.8) is 0 Å². The Hall–Kier alpha value is -1.49. The minimum atomic E-state index is -0.191. The Kier molecular flexibility index (Phi) is 3.68. The van der Waals surface area contributed by atoms with Gasteiger partial charge in [0.25, 0.3) is 0 Å². The first-order chi connectivity index (χ1) is 8.22. The van der Waals surface area contributed by atoms with Crippen LogP contribution in [0.1, 0.15) is 12.6 Å². The number of hydrogen-bond acceptors (Lipinski definition) is 4. The number of imidazole rings is 1. The van der Waals surface area contributed by atoms with E-state index in [0.717, 1.165) is 17.1 Å². The summed E-state index contributed by atoms with van der Waals surface area (Å²) in [4.78, 5) is 15.6. The highest BCUT2D eigenvalue weighted by atomic mass is 32.2. The maximum atomic E-state index is 11.3.